The number of piperidine rings is 1. The van der Waals surface area contributed by atoms with E-state index in [4.69, 9.17) is 0 Å². The predicted molar refractivity (Wildman–Crippen MR) is 84.3 cm³/mol. The summed E-state index contributed by atoms with van der Waals surface area (Å²) in [5, 5.41) is 8.65. The van der Waals surface area contributed by atoms with Crippen molar-refractivity contribution in [3.05, 3.63) is 12.5 Å². The number of likely N-dealkylation sites (tertiary alicyclic amines) is 1. The molecule has 6 heteroatoms. The lowest BCUT2D eigenvalue weighted by molar-refractivity contribution is 0.160. The molecule has 0 bridgehead atoms. The Morgan fingerprint density at radius 1 is 1.33 bits per heavy atom. The lowest BCUT2D eigenvalue weighted by Crippen LogP contribution is -2.38. The molecular formula is C15H24N6. The lowest BCUT2D eigenvalue weighted by atomic mass is 10.0. The van der Waals surface area contributed by atoms with Crippen LogP contribution in [-0.2, 0) is 7.05 Å². The van der Waals surface area contributed by atoms with Crippen molar-refractivity contribution in [2.75, 3.05) is 25.0 Å². The number of anilines is 1. The maximum atomic E-state index is 4.33. The number of nitrogens with zero attached hydrogens (tertiary/aromatic N) is 5. The smallest absolute Gasteiger partial charge is 0.163 e. The summed E-state index contributed by atoms with van der Waals surface area (Å²) in [5.74, 6) is 0.889. The van der Waals surface area contributed by atoms with E-state index < -0.39 is 0 Å². The Balaban J connectivity index is 1.52. The van der Waals surface area contributed by atoms with Crippen LogP contribution < -0.4 is 5.32 Å². The Hall–Kier alpha value is -1.69. The van der Waals surface area contributed by atoms with E-state index in [1.807, 2.05) is 13.2 Å². The van der Waals surface area contributed by atoms with Gasteiger partial charge in [-0.2, -0.15) is 5.10 Å². The predicted octanol–water partition coefficient (Wildman–Crippen LogP) is 2.04. The summed E-state index contributed by atoms with van der Waals surface area (Å²) >= 11 is 0. The molecule has 3 heterocycles. The van der Waals surface area contributed by atoms with Gasteiger partial charge in [0.05, 0.1) is 11.6 Å². The van der Waals surface area contributed by atoms with Crippen molar-refractivity contribution in [3.8, 4) is 0 Å². The Morgan fingerprint density at radius 3 is 3.10 bits per heavy atom. The number of aromatic nitrogens is 4. The minimum Gasteiger partial charge on any atom is -0.369 e. The van der Waals surface area contributed by atoms with E-state index in [2.05, 4.69) is 32.2 Å². The first-order chi connectivity index (χ1) is 10.3. The van der Waals surface area contributed by atoms with E-state index >= 15 is 0 Å². The normalized spacial score (nSPS) is 20.0. The van der Waals surface area contributed by atoms with Crippen LogP contribution in [0.1, 0.15) is 32.6 Å². The van der Waals surface area contributed by atoms with E-state index in [9.17, 15) is 0 Å². The monoisotopic (exact) mass is 288 g/mol. The third-order valence-electron chi connectivity index (χ3n) is 4.38. The van der Waals surface area contributed by atoms with Gasteiger partial charge in [0.25, 0.3) is 0 Å². The second-order valence-electron chi connectivity index (χ2n) is 5.89. The Kier molecular flexibility index (Phi) is 4.34. The lowest BCUT2D eigenvalue weighted by Gasteiger charge is -2.33. The number of hydrogen-bond acceptors (Lipinski definition) is 5. The largest absolute Gasteiger partial charge is 0.369 e. The van der Waals surface area contributed by atoms with E-state index in [1.165, 1.54) is 25.8 Å². The van der Waals surface area contributed by atoms with Gasteiger partial charge >= 0.3 is 0 Å². The number of fused-ring (bicyclic) bond motifs is 1. The summed E-state index contributed by atoms with van der Waals surface area (Å²) in [5.41, 5.74) is 0.872. The molecule has 114 valence electrons. The van der Waals surface area contributed by atoms with Crippen molar-refractivity contribution in [3.63, 3.8) is 0 Å². The molecule has 0 unspecified atom stereocenters. The molecule has 0 radical (unpaired) electrons. The highest BCUT2D eigenvalue weighted by atomic mass is 15.3. The van der Waals surface area contributed by atoms with Crippen LogP contribution in [0.5, 0.6) is 0 Å². The average molecular weight is 288 g/mol. The van der Waals surface area contributed by atoms with Gasteiger partial charge in [0.2, 0.25) is 0 Å². The Labute approximate surface area is 125 Å². The van der Waals surface area contributed by atoms with Crippen LogP contribution in [-0.4, -0.2) is 50.3 Å². The second kappa shape index (κ2) is 6.39. The zero-order valence-corrected chi connectivity index (χ0v) is 12.9. The molecule has 3 rings (SSSR count). The molecule has 6 nitrogen and oxygen atoms in total. The van der Waals surface area contributed by atoms with Gasteiger partial charge in [-0.25, -0.2) is 9.97 Å². The maximum absolute atomic E-state index is 4.33. The van der Waals surface area contributed by atoms with Crippen LogP contribution in [0.2, 0.25) is 0 Å². The summed E-state index contributed by atoms with van der Waals surface area (Å²) in [6.07, 6.45) is 8.63. The Bertz CT molecular complexity index is 593. The highest BCUT2D eigenvalue weighted by Crippen LogP contribution is 2.18. The zero-order chi connectivity index (χ0) is 14.7. The zero-order valence-electron chi connectivity index (χ0n) is 12.9. The molecule has 0 amide bonds. The van der Waals surface area contributed by atoms with Crippen molar-refractivity contribution in [2.24, 2.45) is 7.05 Å². The van der Waals surface area contributed by atoms with Crippen LogP contribution in [0.3, 0.4) is 0 Å². The number of aryl methyl sites for hydroxylation is 1. The minimum atomic E-state index is 0.739. The number of nitrogens with one attached hydrogen (secondary N) is 1. The van der Waals surface area contributed by atoms with Crippen LogP contribution in [0.15, 0.2) is 12.5 Å². The second-order valence-corrected chi connectivity index (χ2v) is 5.89. The molecule has 1 atom stereocenters. The highest BCUT2D eigenvalue weighted by Gasteiger charge is 2.17. The molecule has 2 aromatic rings. The SMILES string of the molecule is C[C@@H]1CCCCN1CCCNc1ncnc2c1cnn2C. The molecule has 0 aliphatic carbocycles. The van der Waals surface area contributed by atoms with E-state index in [0.29, 0.717) is 0 Å². The molecule has 0 spiro atoms. The van der Waals surface area contributed by atoms with Gasteiger partial charge in [0.15, 0.2) is 5.65 Å². The molecule has 0 aromatic carbocycles. The quantitative estimate of drug-likeness (QED) is 0.853. The fraction of sp³-hybridized carbons (Fsp3) is 0.667. The standard InChI is InChI=1S/C15H24N6/c1-12-6-3-4-8-21(12)9-5-7-16-14-13-10-19-20(2)15(13)18-11-17-14/h10-12H,3-9H2,1-2H3,(H,16,17,18)/t12-/m1/s1. The van der Waals surface area contributed by atoms with Gasteiger partial charge in [0.1, 0.15) is 12.1 Å². The third-order valence-corrected chi connectivity index (χ3v) is 4.38. The van der Waals surface area contributed by atoms with Gasteiger partial charge < -0.3 is 10.2 Å². The van der Waals surface area contributed by atoms with E-state index in [0.717, 1.165) is 42.4 Å². The van der Waals surface area contributed by atoms with Crippen molar-refractivity contribution in [2.45, 2.75) is 38.6 Å². The van der Waals surface area contributed by atoms with Crippen LogP contribution in [0.4, 0.5) is 5.82 Å². The molecule has 1 saturated heterocycles. The molecular weight excluding hydrogens is 264 g/mol. The fourth-order valence-electron chi connectivity index (χ4n) is 3.08. The number of hydrogen-bond donors (Lipinski definition) is 1. The topological polar surface area (TPSA) is 58.9 Å². The van der Waals surface area contributed by atoms with E-state index in [-0.39, 0.29) is 0 Å². The molecule has 1 N–H and O–H groups in total. The van der Waals surface area contributed by atoms with Crippen LogP contribution in [0, 0.1) is 0 Å². The average Bonchev–Trinajstić information content (AvgIpc) is 2.88. The fourth-order valence-corrected chi connectivity index (χ4v) is 3.08. The Morgan fingerprint density at radius 2 is 2.24 bits per heavy atom. The van der Waals surface area contributed by atoms with Gasteiger partial charge in [-0.15, -0.1) is 0 Å². The van der Waals surface area contributed by atoms with Crippen molar-refractivity contribution < 1.29 is 0 Å². The molecule has 1 fully saturated rings. The molecule has 1 aliphatic heterocycles. The van der Waals surface area contributed by atoms with E-state index in [1.54, 1.807) is 11.0 Å². The summed E-state index contributed by atoms with van der Waals surface area (Å²) in [6, 6.07) is 0.739. The first-order valence-electron chi connectivity index (χ1n) is 7.86. The first-order valence-corrected chi connectivity index (χ1v) is 7.86. The highest BCUT2D eigenvalue weighted by molar-refractivity contribution is 5.85. The van der Waals surface area contributed by atoms with Crippen LogP contribution >= 0.6 is 0 Å². The molecule has 1 aliphatic rings. The summed E-state index contributed by atoms with van der Waals surface area (Å²) in [4.78, 5) is 11.2. The molecule has 2 aromatic heterocycles. The van der Waals surface area contributed by atoms with Crippen molar-refractivity contribution in [1.29, 1.82) is 0 Å². The molecule has 0 saturated carbocycles. The third kappa shape index (κ3) is 3.15. The van der Waals surface area contributed by atoms with Gasteiger partial charge in [-0.1, -0.05) is 6.42 Å². The summed E-state index contributed by atoms with van der Waals surface area (Å²) in [6.45, 7) is 5.69. The van der Waals surface area contributed by atoms with Crippen LogP contribution in [0.25, 0.3) is 11.0 Å². The van der Waals surface area contributed by atoms with Gasteiger partial charge in [-0.05, 0) is 32.7 Å². The van der Waals surface area contributed by atoms with Crippen molar-refractivity contribution >= 4 is 16.9 Å². The van der Waals surface area contributed by atoms with Gasteiger partial charge in [-0.3, -0.25) is 4.68 Å². The number of rotatable bonds is 5. The van der Waals surface area contributed by atoms with Crippen molar-refractivity contribution in [1.82, 2.24) is 24.6 Å². The summed E-state index contributed by atoms with van der Waals surface area (Å²) in [7, 11) is 1.90. The maximum Gasteiger partial charge on any atom is 0.163 e. The first kappa shape index (κ1) is 14.3. The van der Waals surface area contributed by atoms with Gasteiger partial charge in [0, 0.05) is 26.2 Å². The molecule has 21 heavy (non-hydrogen) atoms. The summed E-state index contributed by atoms with van der Waals surface area (Å²) < 4.78 is 1.78. The minimum absolute atomic E-state index is 0.739.